The van der Waals surface area contributed by atoms with Crippen LogP contribution in [0, 0.1) is 0 Å². The molecular weight excluding hydrogens is 240 g/mol. The first-order chi connectivity index (χ1) is 8.82. The summed E-state index contributed by atoms with van der Waals surface area (Å²) in [6.45, 7) is 6.51. The minimum absolute atomic E-state index is 0.0901. The fourth-order valence-electron chi connectivity index (χ4n) is 1.96. The summed E-state index contributed by atoms with van der Waals surface area (Å²) in [6.07, 6.45) is 0. The van der Waals surface area contributed by atoms with Crippen LogP contribution in [-0.2, 0) is 10.3 Å². The number of fused-ring (bicyclic) bond motifs is 1. The van der Waals surface area contributed by atoms with Gasteiger partial charge in [0, 0.05) is 18.0 Å². The molecule has 1 N–H and O–H groups in total. The molecule has 0 atom stereocenters. The third-order valence-corrected chi connectivity index (χ3v) is 3.28. The highest BCUT2D eigenvalue weighted by Crippen LogP contribution is 2.26. The van der Waals surface area contributed by atoms with Gasteiger partial charge in [0.1, 0.15) is 5.69 Å². The summed E-state index contributed by atoms with van der Waals surface area (Å²) in [5.74, 6) is -0.184. The van der Waals surface area contributed by atoms with Crippen molar-refractivity contribution in [2.24, 2.45) is 0 Å². The average Bonchev–Trinajstić information content (AvgIpc) is 2.78. The standard InChI is InChI=1S/C15H20N2O2/c1-15(2,3)11-7-6-10-8-13(16-12(10)9-11)14(18)17(4)19-5/h6-9,16H,1-5H3. The first-order valence-electron chi connectivity index (χ1n) is 6.28. The number of hydrogen-bond donors (Lipinski definition) is 1. The summed E-state index contributed by atoms with van der Waals surface area (Å²) >= 11 is 0. The van der Waals surface area contributed by atoms with Gasteiger partial charge in [-0.3, -0.25) is 9.63 Å². The molecule has 102 valence electrons. The SMILES string of the molecule is CON(C)C(=O)c1cc2ccc(C(C)(C)C)cc2[nH]1. The summed E-state index contributed by atoms with van der Waals surface area (Å²) in [7, 11) is 3.06. The largest absolute Gasteiger partial charge is 0.350 e. The number of rotatable bonds is 2. The van der Waals surface area contributed by atoms with Crippen molar-refractivity contribution in [2.75, 3.05) is 14.2 Å². The Morgan fingerprint density at radius 3 is 2.53 bits per heavy atom. The van der Waals surface area contributed by atoms with Gasteiger partial charge in [0.05, 0.1) is 7.11 Å². The zero-order valence-electron chi connectivity index (χ0n) is 12.1. The lowest BCUT2D eigenvalue weighted by atomic mass is 9.87. The van der Waals surface area contributed by atoms with Gasteiger partial charge in [-0.2, -0.15) is 0 Å². The van der Waals surface area contributed by atoms with Gasteiger partial charge >= 0.3 is 0 Å². The predicted molar refractivity (Wildman–Crippen MR) is 76.1 cm³/mol. The van der Waals surface area contributed by atoms with Gasteiger partial charge in [-0.1, -0.05) is 32.9 Å². The van der Waals surface area contributed by atoms with Crippen LogP contribution in [0.15, 0.2) is 24.3 Å². The van der Waals surface area contributed by atoms with Crippen molar-refractivity contribution in [2.45, 2.75) is 26.2 Å². The number of carbonyl (C=O) groups excluding carboxylic acids is 1. The van der Waals surface area contributed by atoms with Crippen LogP contribution in [0.4, 0.5) is 0 Å². The molecule has 0 aliphatic rings. The van der Waals surface area contributed by atoms with Gasteiger partial charge in [-0.25, -0.2) is 5.06 Å². The Balaban J connectivity index is 2.44. The predicted octanol–water partition coefficient (Wildman–Crippen LogP) is 3.10. The number of aromatic amines is 1. The highest BCUT2D eigenvalue weighted by atomic mass is 16.7. The van der Waals surface area contributed by atoms with E-state index in [1.807, 2.05) is 12.1 Å². The molecule has 0 aliphatic carbocycles. The van der Waals surface area contributed by atoms with Gasteiger partial charge in [0.2, 0.25) is 0 Å². The number of nitrogens with zero attached hydrogens (tertiary/aromatic N) is 1. The maximum absolute atomic E-state index is 12.0. The van der Waals surface area contributed by atoms with Crippen molar-refractivity contribution < 1.29 is 9.63 Å². The van der Waals surface area contributed by atoms with Crippen molar-refractivity contribution in [1.82, 2.24) is 10.0 Å². The van der Waals surface area contributed by atoms with Crippen molar-refractivity contribution in [1.29, 1.82) is 0 Å². The third-order valence-electron chi connectivity index (χ3n) is 3.28. The van der Waals surface area contributed by atoms with E-state index in [1.54, 1.807) is 7.05 Å². The van der Waals surface area contributed by atoms with Crippen LogP contribution in [0.2, 0.25) is 0 Å². The smallest absolute Gasteiger partial charge is 0.293 e. The topological polar surface area (TPSA) is 45.3 Å². The number of hydrogen-bond acceptors (Lipinski definition) is 2. The lowest BCUT2D eigenvalue weighted by molar-refractivity contribution is -0.0759. The van der Waals surface area contributed by atoms with E-state index in [2.05, 4.69) is 37.9 Å². The van der Waals surface area contributed by atoms with Crippen LogP contribution in [0.25, 0.3) is 10.9 Å². The molecule has 1 aromatic heterocycles. The Morgan fingerprint density at radius 1 is 1.26 bits per heavy atom. The summed E-state index contributed by atoms with van der Waals surface area (Å²) in [4.78, 5) is 20.1. The molecule has 2 rings (SSSR count). The van der Waals surface area contributed by atoms with Crippen molar-refractivity contribution in [3.63, 3.8) is 0 Å². The van der Waals surface area contributed by atoms with Gasteiger partial charge in [-0.05, 0) is 23.1 Å². The monoisotopic (exact) mass is 260 g/mol. The number of aromatic nitrogens is 1. The second kappa shape index (κ2) is 4.70. The number of benzene rings is 1. The van der Waals surface area contributed by atoms with E-state index < -0.39 is 0 Å². The van der Waals surface area contributed by atoms with Gasteiger partial charge in [-0.15, -0.1) is 0 Å². The molecule has 0 unspecified atom stereocenters. The molecule has 0 spiro atoms. The molecule has 0 bridgehead atoms. The number of nitrogens with one attached hydrogen (secondary N) is 1. The second-order valence-corrected chi connectivity index (χ2v) is 5.72. The van der Waals surface area contributed by atoms with E-state index in [0.29, 0.717) is 5.69 Å². The normalized spacial score (nSPS) is 11.8. The summed E-state index contributed by atoms with van der Waals surface area (Å²) in [5.41, 5.74) is 2.83. The Kier molecular flexibility index (Phi) is 3.37. The number of H-pyrrole nitrogens is 1. The first-order valence-corrected chi connectivity index (χ1v) is 6.28. The summed E-state index contributed by atoms with van der Waals surface area (Å²) in [6, 6.07) is 8.08. The molecule has 0 saturated heterocycles. The highest BCUT2D eigenvalue weighted by molar-refractivity contribution is 5.97. The molecule has 0 aliphatic heterocycles. The summed E-state index contributed by atoms with van der Waals surface area (Å²) in [5, 5.41) is 2.23. The molecule has 1 amide bonds. The highest BCUT2D eigenvalue weighted by Gasteiger charge is 2.17. The molecule has 4 nitrogen and oxygen atoms in total. The molecule has 4 heteroatoms. The van der Waals surface area contributed by atoms with Crippen LogP contribution < -0.4 is 0 Å². The molecule has 19 heavy (non-hydrogen) atoms. The third kappa shape index (κ3) is 2.63. The molecule has 0 saturated carbocycles. The van der Waals surface area contributed by atoms with E-state index in [-0.39, 0.29) is 11.3 Å². The maximum atomic E-state index is 12.0. The number of hydroxylamine groups is 2. The zero-order valence-corrected chi connectivity index (χ0v) is 12.1. The molecule has 0 fully saturated rings. The lowest BCUT2D eigenvalue weighted by Crippen LogP contribution is -2.25. The van der Waals surface area contributed by atoms with Gasteiger partial charge in [0.25, 0.3) is 5.91 Å². The second-order valence-electron chi connectivity index (χ2n) is 5.72. The molecule has 0 radical (unpaired) electrons. The van der Waals surface area contributed by atoms with Crippen molar-refractivity contribution in [3.05, 3.63) is 35.5 Å². The Morgan fingerprint density at radius 2 is 1.95 bits per heavy atom. The minimum Gasteiger partial charge on any atom is -0.350 e. The maximum Gasteiger partial charge on any atom is 0.293 e. The van der Waals surface area contributed by atoms with Crippen LogP contribution in [0.3, 0.4) is 0 Å². The Hall–Kier alpha value is -1.81. The Bertz CT molecular complexity index is 608. The van der Waals surface area contributed by atoms with Crippen LogP contribution in [0.5, 0.6) is 0 Å². The lowest BCUT2D eigenvalue weighted by Gasteiger charge is -2.18. The van der Waals surface area contributed by atoms with Crippen molar-refractivity contribution >= 4 is 16.8 Å². The van der Waals surface area contributed by atoms with Crippen molar-refractivity contribution in [3.8, 4) is 0 Å². The van der Waals surface area contributed by atoms with E-state index in [1.165, 1.54) is 17.7 Å². The summed E-state index contributed by atoms with van der Waals surface area (Å²) < 4.78 is 0. The minimum atomic E-state index is -0.184. The van der Waals surface area contributed by atoms with Crippen LogP contribution in [-0.4, -0.2) is 30.1 Å². The van der Waals surface area contributed by atoms with E-state index in [9.17, 15) is 4.79 Å². The van der Waals surface area contributed by atoms with Gasteiger partial charge < -0.3 is 4.98 Å². The fraction of sp³-hybridized carbons (Fsp3) is 0.400. The van der Waals surface area contributed by atoms with E-state index in [4.69, 9.17) is 4.84 Å². The molecule has 1 aromatic carbocycles. The first kappa shape index (κ1) is 13.6. The molecule has 1 heterocycles. The zero-order chi connectivity index (χ0) is 14.2. The molecule has 2 aromatic rings. The van der Waals surface area contributed by atoms with E-state index >= 15 is 0 Å². The number of carbonyl (C=O) groups is 1. The average molecular weight is 260 g/mol. The van der Waals surface area contributed by atoms with Gasteiger partial charge in [0.15, 0.2) is 0 Å². The fourth-order valence-corrected chi connectivity index (χ4v) is 1.96. The number of amides is 1. The van der Waals surface area contributed by atoms with Crippen LogP contribution in [0.1, 0.15) is 36.8 Å². The quantitative estimate of drug-likeness (QED) is 0.843. The van der Waals surface area contributed by atoms with E-state index in [0.717, 1.165) is 10.9 Å². The Labute approximate surface area is 113 Å². The van der Waals surface area contributed by atoms with Crippen LogP contribution >= 0.6 is 0 Å². The molecular formula is C15H20N2O2.